The van der Waals surface area contributed by atoms with Gasteiger partial charge in [-0.25, -0.2) is 0 Å². The fourth-order valence-electron chi connectivity index (χ4n) is 7.19. The average molecular weight is 977 g/mol. The number of methoxy groups -OCH3 is 2. The first-order valence-electron chi connectivity index (χ1n) is 22.3. The lowest BCUT2D eigenvalue weighted by atomic mass is 9.79. The van der Waals surface area contributed by atoms with Crippen LogP contribution in [0.5, 0.6) is 23.0 Å². The Morgan fingerprint density at radius 2 is 1.10 bits per heavy atom. The summed E-state index contributed by atoms with van der Waals surface area (Å²) < 4.78 is 21.9. The largest absolute Gasteiger partial charge is 0.507 e. The SMILES string of the molecule is CC(C)(Sc1cc(C(C)(C)C)c(O)c(C(C)(C)C)c1)Sc1cc(C(C)(C)C)c(OC(=O)CCC(=O)O)c(C(C)(C)C)c1.COc1cc(NC(=O)C2C=CC(c3ccc(Cl)cc3)O2)cc(OC)c1. The van der Waals surface area contributed by atoms with E-state index in [0.29, 0.717) is 33.7 Å². The van der Waals surface area contributed by atoms with E-state index in [4.69, 9.17) is 35.7 Å². The van der Waals surface area contributed by atoms with Gasteiger partial charge in [0.25, 0.3) is 5.91 Å². The molecule has 67 heavy (non-hydrogen) atoms. The van der Waals surface area contributed by atoms with Gasteiger partial charge >= 0.3 is 11.9 Å². The highest BCUT2D eigenvalue weighted by atomic mass is 35.5. The molecular formula is C54H70ClNO9S2. The zero-order valence-electron chi connectivity index (χ0n) is 42.0. The van der Waals surface area contributed by atoms with Crippen molar-refractivity contribution in [1.82, 2.24) is 0 Å². The molecule has 3 N–H and O–H groups in total. The number of anilines is 1. The van der Waals surface area contributed by atoms with Crippen molar-refractivity contribution in [3.8, 4) is 23.0 Å². The Kier molecular flexibility index (Phi) is 17.9. The minimum absolute atomic E-state index is 0.178. The molecule has 2 unspecified atom stereocenters. The Bertz CT molecular complexity index is 2340. The number of esters is 1. The first-order chi connectivity index (χ1) is 30.8. The molecule has 0 aliphatic carbocycles. The number of carboxylic acids is 1. The number of nitrogens with one attached hydrogen (secondary N) is 1. The van der Waals surface area contributed by atoms with E-state index in [1.165, 1.54) is 0 Å². The maximum absolute atomic E-state index is 12.7. The second kappa shape index (κ2) is 21.8. The fraction of sp³-hybridized carbons (Fsp3) is 0.463. The van der Waals surface area contributed by atoms with Crippen molar-refractivity contribution in [2.24, 2.45) is 0 Å². The summed E-state index contributed by atoms with van der Waals surface area (Å²) in [4.78, 5) is 38.4. The molecule has 1 heterocycles. The zero-order valence-corrected chi connectivity index (χ0v) is 44.4. The quantitative estimate of drug-likeness (QED) is 0.0388. The topological polar surface area (TPSA) is 141 Å². The van der Waals surface area contributed by atoms with Gasteiger partial charge in [0, 0.05) is 61.0 Å². The van der Waals surface area contributed by atoms with Crippen LogP contribution in [-0.2, 0) is 40.8 Å². The van der Waals surface area contributed by atoms with Gasteiger partial charge in [-0.2, -0.15) is 0 Å². The van der Waals surface area contributed by atoms with Crippen LogP contribution >= 0.6 is 35.1 Å². The second-order valence-electron chi connectivity index (χ2n) is 21.2. The lowest BCUT2D eigenvalue weighted by Crippen LogP contribution is -2.27. The highest BCUT2D eigenvalue weighted by molar-refractivity contribution is 8.18. The number of carboxylic acid groups (broad SMARTS) is 1. The van der Waals surface area contributed by atoms with Crippen molar-refractivity contribution in [3.05, 3.63) is 112 Å². The van der Waals surface area contributed by atoms with Crippen LogP contribution < -0.4 is 19.5 Å². The van der Waals surface area contributed by atoms with Gasteiger partial charge in [-0.15, -0.1) is 23.5 Å². The summed E-state index contributed by atoms with van der Waals surface area (Å²) in [7, 11) is 3.11. The number of aromatic hydroxyl groups is 1. The van der Waals surface area contributed by atoms with Gasteiger partial charge in [0.1, 0.15) is 29.1 Å². The number of amides is 1. The Labute approximate surface area is 411 Å². The molecule has 0 aromatic heterocycles. The smallest absolute Gasteiger partial charge is 0.311 e. The Morgan fingerprint density at radius 1 is 0.657 bits per heavy atom. The molecule has 13 heteroatoms. The minimum Gasteiger partial charge on any atom is -0.507 e. The second-order valence-corrected chi connectivity index (χ2v) is 25.3. The van der Waals surface area contributed by atoms with E-state index in [2.05, 4.69) is 127 Å². The first kappa shape index (κ1) is 55.0. The van der Waals surface area contributed by atoms with Crippen molar-refractivity contribution >= 4 is 58.7 Å². The Morgan fingerprint density at radius 3 is 1.52 bits per heavy atom. The van der Waals surface area contributed by atoms with Crippen LogP contribution in [-0.4, -0.2) is 52.5 Å². The number of rotatable bonds is 13. The lowest BCUT2D eigenvalue weighted by molar-refractivity contribution is -0.142. The number of carbonyl (C=O) groups excluding carboxylic acids is 2. The molecule has 4 aromatic rings. The van der Waals surface area contributed by atoms with E-state index in [-0.39, 0.29) is 50.6 Å². The summed E-state index contributed by atoms with van der Waals surface area (Å²) in [5.41, 5.74) is 4.17. The zero-order chi connectivity index (χ0) is 50.4. The number of thioether (sulfide) groups is 2. The number of hydrogen-bond donors (Lipinski definition) is 3. The van der Waals surface area contributed by atoms with Crippen molar-refractivity contribution in [1.29, 1.82) is 0 Å². The summed E-state index contributed by atoms with van der Waals surface area (Å²) in [6, 6.07) is 21.0. The van der Waals surface area contributed by atoms with E-state index < -0.39 is 18.0 Å². The van der Waals surface area contributed by atoms with Gasteiger partial charge in [0.15, 0.2) is 6.10 Å². The van der Waals surface area contributed by atoms with E-state index >= 15 is 0 Å². The predicted molar refractivity (Wildman–Crippen MR) is 274 cm³/mol. The molecule has 5 rings (SSSR count). The monoisotopic (exact) mass is 975 g/mol. The first-order valence-corrected chi connectivity index (χ1v) is 24.3. The fourth-order valence-corrected chi connectivity index (χ4v) is 9.91. The molecule has 0 radical (unpaired) electrons. The van der Waals surface area contributed by atoms with Crippen LogP contribution in [0, 0.1) is 0 Å². The van der Waals surface area contributed by atoms with Gasteiger partial charge < -0.3 is 34.5 Å². The van der Waals surface area contributed by atoms with E-state index in [1.54, 1.807) is 74.2 Å². The van der Waals surface area contributed by atoms with E-state index in [0.717, 1.165) is 37.6 Å². The van der Waals surface area contributed by atoms with Crippen LogP contribution in [0.3, 0.4) is 0 Å². The summed E-state index contributed by atoms with van der Waals surface area (Å²) in [6.45, 7) is 29.7. The van der Waals surface area contributed by atoms with Crippen molar-refractivity contribution in [2.75, 3.05) is 19.5 Å². The molecule has 1 aliphatic heterocycles. The summed E-state index contributed by atoms with van der Waals surface area (Å²) >= 11 is 9.42. The van der Waals surface area contributed by atoms with Crippen LogP contribution in [0.25, 0.3) is 0 Å². The standard InChI is InChI=1S/C35H52O5S2.C19H18ClNO4/c1-31(2,3)23-17-21(18-24(29(23)39)32(4,5)6)41-35(13,14)42-22-19-25(33(7,8)9)30(26(20-22)34(10,11)12)40-28(38)16-15-27(36)37;1-23-15-9-14(10-16(11-15)24-2)21-19(22)18-8-7-17(25-18)12-3-5-13(20)6-4-12/h17-20,39H,15-16H2,1-14H3,(H,36,37);3-11,17-18H,1-2H3,(H,21,22). The Hall–Kier alpha value is -4.62. The average Bonchev–Trinajstić information content (AvgIpc) is 3.70. The molecule has 0 saturated carbocycles. The Balaban J connectivity index is 0.000000331. The third-order valence-corrected chi connectivity index (χ3v) is 13.4. The number of hydrogen-bond acceptors (Lipinski definition) is 10. The maximum atomic E-state index is 12.7. The molecule has 0 fully saturated rings. The summed E-state index contributed by atoms with van der Waals surface area (Å²) in [5.74, 6) is 0.271. The van der Waals surface area contributed by atoms with Gasteiger partial charge in [0.2, 0.25) is 0 Å². The molecule has 10 nitrogen and oxygen atoms in total. The maximum Gasteiger partial charge on any atom is 0.311 e. The molecule has 2 atom stereocenters. The van der Waals surface area contributed by atoms with Crippen molar-refractivity contribution in [2.45, 2.75) is 158 Å². The number of ether oxygens (including phenoxy) is 4. The molecule has 4 aromatic carbocycles. The molecule has 0 spiro atoms. The van der Waals surface area contributed by atoms with Gasteiger partial charge in [-0.3, -0.25) is 14.4 Å². The molecule has 0 saturated heterocycles. The minimum atomic E-state index is -1.02. The number of phenols is 1. The third-order valence-electron chi connectivity index (χ3n) is 10.7. The predicted octanol–water partition coefficient (Wildman–Crippen LogP) is 14.0. The highest BCUT2D eigenvalue weighted by Crippen LogP contribution is 2.51. The number of halogens is 1. The van der Waals surface area contributed by atoms with Crippen LogP contribution in [0.15, 0.2) is 88.7 Å². The third kappa shape index (κ3) is 15.7. The molecule has 364 valence electrons. The number of benzene rings is 4. The van der Waals surface area contributed by atoms with Gasteiger partial charge in [-0.05, 0) is 83.5 Å². The van der Waals surface area contributed by atoms with Crippen molar-refractivity contribution in [3.63, 3.8) is 0 Å². The van der Waals surface area contributed by atoms with Crippen LogP contribution in [0.1, 0.15) is 144 Å². The van der Waals surface area contributed by atoms with E-state index in [9.17, 15) is 19.5 Å². The van der Waals surface area contributed by atoms with Crippen LogP contribution in [0.2, 0.25) is 5.02 Å². The summed E-state index contributed by atoms with van der Waals surface area (Å²) in [6.07, 6.45) is 2.22. The number of carbonyl (C=O) groups is 3. The molecule has 1 amide bonds. The highest BCUT2D eigenvalue weighted by Gasteiger charge is 2.33. The van der Waals surface area contributed by atoms with Gasteiger partial charge in [-0.1, -0.05) is 113 Å². The molecule has 0 bridgehead atoms. The van der Waals surface area contributed by atoms with Crippen LogP contribution in [0.4, 0.5) is 5.69 Å². The number of phenolic OH excluding ortho intramolecular Hbond substituents is 1. The number of aliphatic carboxylic acids is 1. The normalized spacial score (nSPS) is 15.4. The summed E-state index contributed by atoms with van der Waals surface area (Å²) in [5, 5.41) is 23.7. The van der Waals surface area contributed by atoms with Gasteiger partial charge in [0.05, 0.1) is 31.1 Å². The molecule has 1 aliphatic rings. The lowest BCUT2D eigenvalue weighted by Gasteiger charge is -2.32. The van der Waals surface area contributed by atoms with Crippen molar-refractivity contribution < 1.29 is 43.5 Å². The molecular weight excluding hydrogens is 906 g/mol. The van der Waals surface area contributed by atoms with E-state index in [1.807, 2.05) is 18.2 Å².